The summed E-state index contributed by atoms with van der Waals surface area (Å²) in [5, 5.41) is 2.56. The minimum absolute atomic E-state index is 0.0477. The van der Waals surface area contributed by atoms with E-state index in [1.54, 1.807) is 0 Å². The molecule has 15 heavy (non-hydrogen) atoms. The molecule has 0 fully saturated rings. The smallest absolute Gasteiger partial charge is 0.407 e. The third-order valence-corrected chi connectivity index (χ3v) is 1.53. The van der Waals surface area contributed by atoms with Crippen molar-refractivity contribution in [3.8, 4) is 0 Å². The molecule has 0 aliphatic carbocycles. The van der Waals surface area contributed by atoms with Crippen LogP contribution < -0.4 is 5.32 Å². The average Bonchev–Trinajstić information content (AvgIpc) is 2.24. The predicted molar refractivity (Wildman–Crippen MR) is 55.4 cm³/mol. The van der Waals surface area contributed by atoms with Gasteiger partial charge in [-0.2, -0.15) is 0 Å². The molecule has 5 nitrogen and oxygen atoms in total. The second-order valence-corrected chi connectivity index (χ2v) is 2.79. The van der Waals surface area contributed by atoms with E-state index in [2.05, 4.69) is 16.6 Å². The van der Waals surface area contributed by atoms with Crippen LogP contribution in [0.2, 0.25) is 0 Å². The summed E-state index contributed by atoms with van der Waals surface area (Å²) in [6, 6.07) is 0. The van der Waals surface area contributed by atoms with Gasteiger partial charge in [0.15, 0.2) is 0 Å². The van der Waals surface area contributed by atoms with Crippen molar-refractivity contribution < 1.29 is 19.1 Å². The van der Waals surface area contributed by atoms with E-state index in [0.717, 1.165) is 18.9 Å². The fourth-order valence-electron chi connectivity index (χ4n) is 0.754. The molecule has 0 heterocycles. The van der Waals surface area contributed by atoms with Crippen LogP contribution in [0, 0.1) is 0 Å². The molecule has 0 aromatic heterocycles. The van der Waals surface area contributed by atoms with Gasteiger partial charge in [0.05, 0.1) is 0 Å². The number of rotatable bonds is 7. The summed E-state index contributed by atoms with van der Waals surface area (Å²) in [5.74, 6) is -0.523. The minimum Gasteiger partial charge on any atom is -0.459 e. The first-order chi connectivity index (χ1) is 7.20. The Bertz CT molecular complexity index is 215. The monoisotopic (exact) mass is 215 g/mol. The summed E-state index contributed by atoms with van der Waals surface area (Å²) in [6.07, 6.45) is 2.50. The highest BCUT2D eigenvalue weighted by Crippen LogP contribution is 1.85. The van der Waals surface area contributed by atoms with E-state index in [-0.39, 0.29) is 13.2 Å². The maximum atomic E-state index is 10.9. The Morgan fingerprint density at radius 2 is 2.00 bits per heavy atom. The third-order valence-electron chi connectivity index (χ3n) is 1.53. The van der Waals surface area contributed by atoms with E-state index in [9.17, 15) is 9.59 Å². The van der Waals surface area contributed by atoms with E-state index in [4.69, 9.17) is 4.74 Å². The zero-order chi connectivity index (χ0) is 11.5. The van der Waals surface area contributed by atoms with Crippen LogP contribution in [0.1, 0.15) is 19.8 Å². The second-order valence-electron chi connectivity index (χ2n) is 2.79. The normalized spacial score (nSPS) is 9.13. The Kier molecular flexibility index (Phi) is 8.13. The van der Waals surface area contributed by atoms with Crippen LogP contribution in [-0.2, 0) is 14.3 Å². The van der Waals surface area contributed by atoms with Crippen LogP contribution in [0.25, 0.3) is 0 Å². The molecule has 0 aromatic carbocycles. The molecule has 0 aliphatic heterocycles. The molecule has 0 rings (SSSR count). The number of hydrogen-bond donors (Lipinski definition) is 1. The standard InChI is InChI=1S/C10H17NO4/c1-3-5-6-11-10(13)15-8-7-14-9(12)4-2/h4H,2-3,5-8H2,1H3,(H,11,13). The molecule has 5 heteroatoms. The number of esters is 1. The first-order valence-electron chi connectivity index (χ1n) is 4.90. The largest absolute Gasteiger partial charge is 0.459 e. The van der Waals surface area contributed by atoms with Crippen LogP contribution in [0.3, 0.4) is 0 Å². The van der Waals surface area contributed by atoms with Crippen molar-refractivity contribution in [1.82, 2.24) is 5.32 Å². The molecule has 1 amide bonds. The van der Waals surface area contributed by atoms with Crippen LogP contribution >= 0.6 is 0 Å². The lowest BCUT2D eigenvalue weighted by Gasteiger charge is -2.06. The third kappa shape index (κ3) is 8.80. The van der Waals surface area contributed by atoms with Crippen molar-refractivity contribution in [2.45, 2.75) is 19.8 Å². The molecule has 0 unspecified atom stereocenters. The lowest BCUT2D eigenvalue weighted by Crippen LogP contribution is -2.26. The first kappa shape index (κ1) is 13.5. The van der Waals surface area contributed by atoms with E-state index in [0.29, 0.717) is 6.54 Å². The molecule has 0 saturated carbocycles. The molecule has 1 N–H and O–H groups in total. The number of ether oxygens (including phenoxy) is 2. The van der Waals surface area contributed by atoms with Crippen LogP contribution in [0.5, 0.6) is 0 Å². The van der Waals surface area contributed by atoms with Gasteiger partial charge in [-0.05, 0) is 6.42 Å². The van der Waals surface area contributed by atoms with Gasteiger partial charge in [-0.25, -0.2) is 9.59 Å². The maximum Gasteiger partial charge on any atom is 0.407 e. The molecule has 0 spiro atoms. The first-order valence-corrected chi connectivity index (χ1v) is 4.90. The highest BCUT2D eigenvalue weighted by atomic mass is 16.6. The van der Waals surface area contributed by atoms with Crippen LogP contribution in [0.4, 0.5) is 4.79 Å². The summed E-state index contributed by atoms with van der Waals surface area (Å²) in [7, 11) is 0. The van der Waals surface area contributed by atoms with Gasteiger partial charge in [-0.15, -0.1) is 0 Å². The maximum absolute atomic E-state index is 10.9. The molecule has 0 saturated heterocycles. The van der Waals surface area contributed by atoms with Crippen molar-refractivity contribution in [2.75, 3.05) is 19.8 Å². The SMILES string of the molecule is C=CC(=O)OCCOC(=O)NCCCC. The Labute approximate surface area is 89.4 Å². The second kappa shape index (κ2) is 9.05. The van der Waals surface area contributed by atoms with Crippen LogP contribution in [0.15, 0.2) is 12.7 Å². The number of nitrogens with one attached hydrogen (secondary N) is 1. The summed E-state index contributed by atoms with van der Waals surface area (Å²) >= 11 is 0. The fourth-order valence-corrected chi connectivity index (χ4v) is 0.754. The molecule has 0 aromatic rings. The molecule has 0 bridgehead atoms. The van der Waals surface area contributed by atoms with Gasteiger partial charge >= 0.3 is 12.1 Å². The number of alkyl carbamates (subject to hydrolysis) is 1. The van der Waals surface area contributed by atoms with Gasteiger partial charge in [0.2, 0.25) is 0 Å². The van der Waals surface area contributed by atoms with Crippen molar-refractivity contribution in [3.63, 3.8) is 0 Å². The molecular formula is C10H17NO4. The van der Waals surface area contributed by atoms with Gasteiger partial charge in [0.1, 0.15) is 13.2 Å². The summed E-state index contributed by atoms with van der Waals surface area (Å²) in [5.41, 5.74) is 0. The Hall–Kier alpha value is -1.52. The molecule has 0 atom stereocenters. The Morgan fingerprint density at radius 1 is 1.33 bits per heavy atom. The number of carbonyl (C=O) groups is 2. The zero-order valence-corrected chi connectivity index (χ0v) is 8.95. The Balaban J connectivity index is 3.31. The lowest BCUT2D eigenvalue weighted by atomic mass is 10.3. The molecule has 0 aliphatic rings. The van der Waals surface area contributed by atoms with Gasteiger partial charge in [0.25, 0.3) is 0 Å². The summed E-state index contributed by atoms with van der Waals surface area (Å²) in [6.45, 7) is 5.96. The van der Waals surface area contributed by atoms with Crippen molar-refractivity contribution >= 4 is 12.1 Å². The van der Waals surface area contributed by atoms with Gasteiger partial charge in [-0.1, -0.05) is 19.9 Å². The topological polar surface area (TPSA) is 64.6 Å². The molecule has 0 radical (unpaired) electrons. The van der Waals surface area contributed by atoms with Crippen LogP contribution in [-0.4, -0.2) is 31.8 Å². The van der Waals surface area contributed by atoms with Gasteiger partial charge < -0.3 is 14.8 Å². The van der Waals surface area contributed by atoms with Gasteiger partial charge in [-0.3, -0.25) is 0 Å². The highest BCUT2D eigenvalue weighted by Gasteiger charge is 2.01. The number of amides is 1. The van der Waals surface area contributed by atoms with Crippen molar-refractivity contribution in [3.05, 3.63) is 12.7 Å². The van der Waals surface area contributed by atoms with Crippen molar-refractivity contribution in [1.29, 1.82) is 0 Å². The minimum atomic E-state index is -0.523. The lowest BCUT2D eigenvalue weighted by molar-refractivity contribution is -0.138. The average molecular weight is 215 g/mol. The summed E-state index contributed by atoms with van der Waals surface area (Å²) < 4.78 is 9.33. The Morgan fingerprint density at radius 3 is 2.60 bits per heavy atom. The van der Waals surface area contributed by atoms with Gasteiger partial charge in [0, 0.05) is 12.6 Å². The van der Waals surface area contributed by atoms with E-state index >= 15 is 0 Å². The highest BCUT2D eigenvalue weighted by molar-refractivity contribution is 5.81. The van der Waals surface area contributed by atoms with E-state index in [1.165, 1.54) is 0 Å². The summed E-state index contributed by atoms with van der Waals surface area (Å²) in [4.78, 5) is 21.5. The quantitative estimate of drug-likeness (QED) is 0.394. The number of carbonyl (C=O) groups excluding carboxylic acids is 2. The number of hydrogen-bond acceptors (Lipinski definition) is 4. The molecular weight excluding hydrogens is 198 g/mol. The number of unbranched alkanes of at least 4 members (excludes halogenated alkanes) is 1. The van der Waals surface area contributed by atoms with E-state index < -0.39 is 12.1 Å². The zero-order valence-electron chi connectivity index (χ0n) is 8.95. The van der Waals surface area contributed by atoms with E-state index in [1.807, 2.05) is 6.92 Å². The molecule has 86 valence electrons. The predicted octanol–water partition coefficient (Wildman–Crippen LogP) is 1.24. The fraction of sp³-hybridized carbons (Fsp3) is 0.600. The van der Waals surface area contributed by atoms with Crippen molar-refractivity contribution in [2.24, 2.45) is 0 Å².